The maximum absolute atomic E-state index is 13.5. The number of ether oxygens (including phenoxy) is 3. The van der Waals surface area contributed by atoms with Gasteiger partial charge in [0.15, 0.2) is 17.3 Å². The number of rotatable bonds is 8. The molecule has 0 radical (unpaired) electrons. The molecule has 2 aromatic carbocycles. The number of allylic oxidation sites excluding steroid dienone is 1. The normalized spacial score (nSPS) is 12.3. The molecule has 156 valence electrons. The van der Waals surface area contributed by atoms with Crippen molar-refractivity contribution in [3.8, 4) is 17.2 Å². The second kappa shape index (κ2) is 9.26. The highest BCUT2D eigenvalue weighted by Crippen LogP contribution is 2.39. The van der Waals surface area contributed by atoms with Crippen LogP contribution in [0.1, 0.15) is 41.3 Å². The van der Waals surface area contributed by atoms with Crippen LogP contribution in [0.3, 0.4) is 0 Å². The average molecular weight is 408 g/mol. The summed E-state index contributed by atoms with van der Waals surface area (Å²) >= 11 is 0. The fraction of sp³-hybridized carbons (Fsp3) is 0.261. The first kappa shape index (κ1) is 21.1. The predicted molar refractivity (Wildman–Crippen MR) is 115 cm³/mol. The average Bonchev–Trinajstić information content (AvgIpc) is 3.32. The summed E-state index contributed by atoms with van der Waals surface area (Å²) < 4.78 is 16.1. The lowest BCUT2D eigenvalue weighted by molar-refractivity contribution is -0.115. The van der Waals surface area contributed by atoms with Crippen LogP contribution in [0.2, 0.25) is 0 Å². The van der Waals surface area contributed by atoms with Crippen molar-refractivity contribution in [3.63, 3.8) is 0 Å². The number of benzene rings is 2. The highest BCUT2D eigenvalue weighted by Gasteiger charge is 2.22. The van der Waals surface area contributed by atoms with Crippen LogP contribution in [0.15, 0.2) is 47.6 Å². The van der Waals surface area contributed by atoms with Gasteiger partial charge in [0.2, 0.25) is 11.7 Å². The first-order chi connectivity index (χ1) is 14.5. The molecule has 0 bridgehead atoms. The number of methoxy groups -OCH3 is 3. The minimum Gasteiger partial charge on any atom is -0.493 e. The van der Waals surface area contributed by atoms with Gasteiger partial charge < -0.3 is 19.5 Å². The third-order valence-corrected chi connectivity index (χ3v) is 4.77. The summed E-state index contributed by atoms with van der Waals surface area (Å²) in [5, 5.41) is 2.81. The molecular weight excluding hydrogens is 384 g/mol. The van der Waals surface area contributed by atoms with Gasteiger partial charge in [0, 0.05) is 30.2 Å². The molecular formula is C23H24N2O5. The summed E-state index contributed by atoms with van der Waals surface area (Å²) in [5.41, 5.74) is 2.84. The van der Waals surface area contributed by atoms with Gasteiger partial charge in [-0.05, 0) is 29.8 Å². The molecule has 0 fully saturated rings. The van der Waals surface area contributed by atoms with E-state index in [1.807, 2.05) is 12.1 Å². The number of ketones is 1. The van der Waals surface area contributed by atoms with Crippen molar-refractivity contribution in [2.24, 2.45) is 4.99 Å². The van der Waals surface area contributed by atoms with Gasteiger partial charge in [-0.3, -0.25) is 14.6 Å². The Balaban J connectivity index is 2.11. The molecule has 1 aliphatic rings. The molecule has 7 heteroatoms. The van der Waals surface area contributed by atoms with Crippen LogP contribution >= 0.6 is 0 Å². The highest BCUT2D eigenvalue weighted by molar-refractivity contribution is 6.16. The van der Waals surface area contributed by atoms with E-state index >= 15 is 0 Å². The Morgan fingerprint density at radius 3 is 2.27 bits per heavy atom. The summed E-state index contributed by atoms with van der Waals surface area (Å²) in [6.45, 7) is 1.75. The lowest BCUT2D eigenvalue weighted by atomic mass is 9.96. The standard InChI is InChI=1S/C23H24N2O5/c1-5-21(26)25-18-9-8-14(17-7-6-10-24-17)11-16(18)22(27)15-12-19(28-2)23(30-4)20(13-15)29-3/h6,8-13H,5,7H2,1-4H3,(H,25,26). The fourth-order valence-corrected chi connectivity index (χ4v) is 3.18. The lowest BCUT2D eigenvalue weighted by Gasteiger charge is -2.16. The Bertz CT molecular complexity index is 1010. The maximum atomic E-state index is 13.5. The molecule has 0 saturated heterocycles. The van der Waals surface area contributed by atoms with Crippen molar-refractivity contribution in [2.45, 2.75) is 19.8 Å². The Morgan fingerprint density at radius 1 is 1.03 bits per heavy atom. The molecule has 30 heavy (non-hydrogen) atoms. The second-order valence-corrected chi connectivity index (χ2v) is 6.57. The van der Waals surface area contributed by atoms with E-state index in [1.54, 1.807) is 37.4 Å². The fourth-order valence-electron chi connectivity index (χ4n) is 3.18. The molecule has 7 nitrogen and oxygen atoms in total. The van der Waals surface area contributed by atoms with Gasteiger partial charge in [-0.1, -0.05) is 19.1 Å². The Labute approximate surface area is 175 Å². The third-order valence-electron chi connectivity index (χ3n) is 4.77. The molecule has 1 amide bonds. The van der Waals surface area contributed by atoms with E-state index in [0.717, 1.165) is 11.3 Å². The number of nitrogens with zero attached hydrogens (tertiary/aromatic N) is 1. The Kier molecular flexibility index (Phi) is 6.51. The number of hydrogen-bond acceptors (Lipinski definition) is 6. The summed E-state index contributed by atoms with van der Waals surface area (Å²) in [6, 6.07) is 8.52. The monoisotopic (exact) mass is 408 g/mol. The first-order valence-corrected chi connectivity index (χ1v) is 9.53. The van der Waals surface area contributed by atoms with Crippen LogP contribution < -0.4 is 19.5 Å². The number of nitrogens with one attached hydrogen (secondary N) is 1. The minimum absolute atomic E-state index is 0.179. The van der Waals surface area contributed by atoms with Crippen LogP contribution in [0.25, 0.3) is 0 Å². The predicted octanol–water partition coefficient (Wildman–Crippen LogP) is 4.00. The number of aliphatic imine (C=N–C) groups is 1. The van der Waals surface area contributed by atoms with Gasteiger partial charge in [0.05, 0.1) is 32.7 Å². The van der Waals surface area contributed by atoms with Crippen molar-refractivity contribution in [2.75, 3.05) is 26.6 Å². The van der Waals surface area contributed by atoms with Gasteiger partial charge in [-0.2, -0.15) is 0 Å². The van der Waals surface area contributed by atoms with E-state index in [4.69, 9.17) is 14.2 Å². The van der Waals surface area contributed by atoms with Crippen LogP contribution in [-0.4, -0.2) is 38.7 Å². The van der Waals surface area contributed by atoms with Crippen molar-refractivity contribution in [1.29, 1.82) is 0 Å². The molecule has 2 aromatic rings. The van der Waals surface area contributed by atoms with Gasteiger partial charge in [-0.15, -0.1) is 0 Å². The molecule has 0 atom stereocenters. The largest absolute Gasteiger partial charge is 0.493 e. The number of amides is 1. The van der Waals surface area contributed by atoms with Crippen LogP contribution in [0, 0.1) is 0 Å². The van der Waals surface area contributed by atoms with E-state index in [1.165, 1.54) is 21.3 Å². The van der Waals surface area contributed by atoms with E-state index in [9.17, 15) is 9.59 Å². The number of carbonyl (C=O) groups is 2. The maximum Gasteiger partial charge on any atom is 0.224 e. The molecule has 0 aliphatic carbocycles. The number of hydrogen-bond donors (Lipinski definition) is 1. The smallest absolute Gasteiger partial charge is 0.224 e. The Hall–Kier alpha value is -3.61. The molecule has 3 rings (SSSR count). The SMILES string of the molecule is CCC(=O)Nc1ccc(C2=NC=CC2)cc1C(=O)c1cc(OC)c(OC)c(OC)c1. The number of carbonyl (C=O) groups excluding carboxylic acids is 2. The molecule has 1 heterocycles. The molecule has 0 saturated carbocycles. The quantitative estimate of drug-likeness (QED) is 0.667. The second-order valence-electron chi connectivity index (χ2n) is 6.57. The first-order valence-electron chi connectivity index (χ1n) is 9.53. The van der Waals surface area contributed by atoms with Gasteiger partial charge >= 0.3 is 0 Å². The lowest BCUT2D eigenvalue weighted by Crippen LogP contribution is -2.15. The van der Waals surface area contributed by atoms with Gasteiger partial charge in [0.1, 0.15) is 0 Å². The van der Waals surface area contributed by atoms with E-state index in [0.29, 0.717) is 46.9 Å². The molecule has 0 aromatic heterocycles. The Morgan fingerprint density at radius 2 is 1.73 bits per heavy atom. The topological polar surface area (TPSA) is 86.2 Å². The van der Waals surface area contributed by atoms with E-state index in [2.05, 4.69) is 10.3 Å². The van der Waals surface area contributed by atoms with Crippen molar-refractivity contribution in [3.05, 3.63) is 59.3 Å². The minimum atomic E-state index is -0.283. The van der Waals surface area contributed by atoms with Crippen molar-refractivity contribution >= 4 is 23.1 Å². The highest BCUT2D eigenvalue weighted by atomic mass is 16.5. The summed E-state index contributed by atoms with van der Waals surface area (Å²) in [6.07, 6.45) is 4.68. The number of anilines is 1. The van der Waals surface area contributed by atoms with E-state index in [-0.39, 0.29) is 11.7 Å². The summed E-state index contributed by atoms with van der Waals surface area (Å²) in [5.74, 6) is 0.687. The van der Waals surface area contributed by atoms with Gasteiger partial charge in [0.25, 0.3) is 0 Å². The zero-order valence-corrected chi connectivity index (χ0v) is 17.4. The summed E-state index contributed by atoms with van der Waals surface area (Å²) in [7, 11) is 4.48. The zero-order chi connectivity index (χ0) is 21.7. The summed E-state index contributed by atoms with van der Waals surface area (Å²) in [4.78, 5) is 29.8. The van der Waals surface area contributed by atoms with E-state index < -0.39 is 0 Å². The van der Waals surface area contributed by atoms with Crippen LogP contribution in [0.5, 0.6) is 17.2 Å². The molecule has 0 spiro atoms. The third kappa shape index (κ3) is 4.20. The van der Waals surface area contributed by atoms with Crippen LogP contribution in [-0.2, 0) is 4.79 Å². The molecule has 0 unspecified atom stereocenters. The van der Waals surface area contributed by atoms with Crippen LogP contribution in [0.4, 0.5) is 5.69 Å². The van der Waals surface area contributed by atoms with Crippen molar-refractivity contribution in [1.82, 2.24) is 0 Å². The zero-order valence-electron chi connectivity index (χ0n) is 17.4. The van der Waals surface area contributed by atoms with Crippen molar-refractivity contribution < 1.29 is 23.8 Å². The van der Waals surface area contributed by atoms with Gasteiger partial charge in [-0.25, -0.2) is 0 Å². The molecule has 1 N–H and O–H groups in total. The molecule has 1 aliphatic heterocycles.